The van der Waals surface area contributed by atoms with Gasteiger partial charge in [-0.25, -0.2) is 0 Å². The highest BCUT2D eigenvalue weighted by molar-refractivity contribution is 7.99. The van der Waals surface area contributed by atoms with Gasteiger partial charge in [0.2, 0.25) is 5.91 Å². The van der Waals surface area contributed by atoms with Gasteiger partial charge in [0.1, 0.15) is 0 Å². The molecular formula is C18H27N3OS. The van der Waals surface area contributed by atoms with E-state index in [0.29, 0.717) is 6.04 Å². The number of benzene rings is 1. The minimum Gasteiger partial charge on any atom is -0.381 e. The average molecular weight is 334 g/mol. The highest BCUT2D eigenvalue weighted by Gasteiger charge is 2.18. The maximum absolute atomic E-state index is 11.4. The lowest BCUT2D eigenvalue weighted by molar-refractivity contribution is -0.130. The van der Waals surface area contributed by atoms with E-state index in [-0.39, 0.29) is 5.91 Å². The zero-order chi connectivity index (χ0) is 16.1. The van der Waals surface area contributed by atoms with Crippen molar-refractivity contribution in [2.45, 2.75) is 32.4 Å². The van der Waals surface area contributed by atoms with Gasteiger partial charge in [-0.05, 0) is 36.3 Å². The summed E-state index contributed by atoms with van der Waals surface area (Å²) in [6.07, 6.45) is 2.61. The van der Waals surface area contributed by atoms with Gasteiger partial charge in [-0.3, -0.25) is 9.69 Å². The van der Waals surface area contributed by atoms with Crippen LogP contribution in [0.5, 0.6) is 0 Å². The van der Waals surface area contributed by atoms with E-state index in [1.807, 2.05) is 4.90 Å². The number of piperazine rings is 1. The van der Waals surface area contributed by atoms with Crippen molar-refractivity contribution in [2.24, 2.45) is 0 Å². The van der Waals surface area contributed by atoms with Crippen LogP contribution in [0.1, 0.15) is 25.3 Å². The molecule has 1 aromatic rings. The van der Waals surface area contributed by atoms with Crippen LogP contribution in [0, 0.1) is 0 Å². The van der Waals surface area contributed by atoms with E-state index in [1.165, 1.54) is 35.6 Å². The summed E-state index contributed by atoms with van der Waals surface area (Å²) in [5.41, 5.74) is 2.59. The molecule has 23 heavy (non-hydrogen) atoms. The monoisotopic (exact) mass is 333 g/mol. The van der Waals surface area contributed by atoms with Crippen LogP contribution in [0.25, 0.3) is 0 Å². The molecule has 0 saturated carbocycles. The molecule has 1 aromatic carbocycles. The van der Waals surface area contributed by atoms with Crippen molar-refractivity contribution >= 4 is 23.4 Å². The van der Waals surface area contributed by atoms with E-state index in [0.717, 1.165) is 32.7 Å². The maximum Gasteiger partial charge on any atom is 0.219 e. The van der Waals surface area contributed by atoms with Crippen molar-refractivity contribution in [1.29, 1.82) is 0 Å². The molecule has 2 aliphatic rings. The van der Waals surface area contributed by atoms with Crippen molar-refractivity contribution in [2.75, 3.05) is 43.0 Å². The second kappa shape index (κ2) is 8.06. The number of hydrogen-bond acceptors (Lipinski definition) is 4. The van der Waals surface area contributed by atoms with Crippen LogP contribution in [0.15, 0.2) is 24.3 Å². The van der Waals surface area contributed by atoms with Crippen LogP contribution in [0.4, 0.5) is 5.69 Å². The summed E-state index contributed by atoms with van der Waals surface area (Å²) < 4.78 is 0. The number of anilines is 1. The molecule has 0 bridgehead atoms. The Bertz CT molecular complexity index is 506. The van der Waals surface area contributed by atoms with E-state index in [4.69, 9.17) is 0 Å². The number of amides is 1. The van der Waals surface area contributed by atoms with Crippen LogP contribution >= 0.6 is 11.8 Å². The van der Waals surface area contributed by atoms with Crippen molar-refractivity contribution in [3.8, 4) is 0 Å². The number of carbonyl (C=O) groups is 1. The van der Waals surface area contributed by atoms with Crippen LogP contribution in [0.3, 0.4) is 0 Å². The summed E-state index contributed by atoms with van der Waals surface area (Å²) in [7, 11) is 0. The predicted molar refractivity (Wildman–Crippen MR) is 97.9 cm³/mol. The molecule has 2 aliphatic heterocycles. The average Bonchev–Trinajstić information content (AvgIpc) is 2.58. The van der Waals surface area contributed by atoms with Crippen LogP contribution < -0.4 is 5.32 Å². The highest BCUT2D eigenvalue weighted by Crippen LogP contribution is 2.21. The SMILES string of the molecule is CC(=O)N1CCN(Cc2ccc(NC3CCCSC3)cc2)CC1. The summed E-state index contributed by atoms with van der Waals surface area (Å²) in [6, 6.07) is 9.51. The van der Waals surface area contributed by atoms with Crippen molar-refractivity contribution < 1.29 is 4.79 Å². The second-order valence-electron chi connectivity index (χ2n) is 6.54. The Labute approximate surface area is 143 Å². The summed E-state index contributed by atoms with van der Waals surface area (Å²) in [5, 5.41) is 3.65. The Hall–Kier alpha value is -1.20. The molecule has 0 spiro atoms. The van der Waals surface area contributed by atoms with Crippen LogP contribution in [0.2, 0.25) is 0 Å². The summed E-state index contributed by atoms with van der Waals surface area (Å²) in [5.74, 6) is 2.73. The first-order valence-electron chi connectivity index (χ1n) is 8.62. The first kappa shape index (κ1) is 16.7. The van der Waals surface area contributed by atoms with Crippen molar-refractivity contribution in [3.05, 3.63) is 29.8 Å². The van der Waals surface area contributed by atoms with Gasteiger partial charge in [0.15, 0.2) is 0 Å². The number of hydrogen-bond donors (Lipinski definition) is 1. The first-order chi connectivity index (χ1) is 11.2. The minimum atomic E-state index is 0.195. The number of thioether (sulfide) groups is 1. The lowest BCUT2D eigenvalue weighted by Gasteiger charge is -2.34. The molecule has 1 N–H and O–H groups in total. The number of carbonyl (C=O) groups excluding carboxylic acids is 1. The molecule has 3 rings (SSSR count). The molecule has 1 unspecified atom stereocenters. The summed E-state index contributed by atoms with van der Waals surface area (Å²) in [6.45, 7) is 6.29. The number of rotatable bonds is 4. The second-order valence-corrected chi connectivity index (χ2v) is 7.69. The molecule has 2 heterocycles. The van der Waals surface area contributed by atoms with Gasteiger partial charge in [-0.1, -0.05) is 12.1 Å². The van der Waals surface area contributed by atoms with E-state index in [9.17, 15) is 4.79 Å². The fraction of sp³-hybridized carbons (Fsp3) is 0.611. The Kier molecular flexibility index (Phi) is 5.84. The molecule has 126 valence electrons. The summed E-state index contributed by atoms with van der Waals surface area (Å²) >= 11 is 2.05. The van der Waals surface area contributed by atoms with E-state index < -0.39 is 0 Å². The Balaban J connectivity index is 1.47. The normalized spacial score (nSPS) is 22.8. The molecular weight excluding hydrogens is 306 g/mol. The van der Waals surface area contributed by atoms with Gasteiger partial charge in [0.25, 0.3) is 0 Å². The topological polar surface area (TPSA) is 35.6 Å². The van der Waals surface area contributed by atoms with E-state index >= 15 is 0 Å². The minimum absolute atomic E-state index is 0.195. The summed E-state index contributed by atoms with van der Waals surface area (Å²) in [4.78, 5) is 15.7. The van der Waals surface area contributed by atoms with E-state index in [1.54, 1.807) is 6.92 Å². The molecule has 0 aromatic heterocycles. The van der Waals surface area contributed by atoms with Crippen LogP contribution in [-0.4, -0.2) is 59.4 Å². The molecule has 2 fully saturated rings. The fourth-order valence-corrected chi connectivity index (χ4v) is 4.35. The van der Waals surface area contributed by atoms with E-state index in [2.05, 4.69) is 46.2 Å². The first-order valence-corrected chi connectivity index (χ1v) is 9.77. The standard InChI is InChI=1S/C18H27N3OS/c1-15(22)21-10-8-20(9-11-21)13-16-4-6-17(7-5-16)19-18-3-2-12-23-14-18/h4-7,18-19H,2-3,8-14H2,1H3. The lowest BCUT2D eigenvalue weighted by atomic mass is 10.1. The molecule has 5 heteroatoms. The van der Waals surface area contributed by atoms with Crippen molar-refractivity contribution in [3.63, 3.8) is 0 Å². The Morgan fingerprint density at radius 2 is 1.96 bits per heavy atom. The quantitative estimate of drug-likeness (QED) is 0.919. The zero-order valence-corrected chi connectivity index (χ0v) is 14.8. The smallest absolute Gasteiger partial charge is 0.219 e. The third-order valence-electron chi connectivity index (χ3n) is 4.71. The molecule has 0 radical (unpaired) electrons. The zero-order valence-electron chi connectivity index (χ0n) is 14.0. The molecule has 0 aliphatic carbocycles. The molecule has 1 amide bonds. The van der Waals surface area contributed by atoms with Gasteiger partial charge >= 0.3 is 0 Å². The van der Waals surface area contributed by atoms with Gasteiger partial charge in [-0.15, -0.1) is 0 Å². The Morgan fingerprint density at radius 1 is 1.22 bits per heavy atom. The third-order valence-corrected chi connectivity index (χ3v) is 5.92. The van der Waals surface area contributed by atoms with Gasteiger partial charge in [0, 0.05) is 57.1 Å². The maximum atomic E-state index is 11.4. The van der Waals surface area contributed by atoms with Crippen molar-refractivity contribution in [1.82, 2.24) is 9.80 Å². The third kappa shape index (κ3) is 4.88. The number of nitrogens with zero attached hydrogens (tertiary/aromatic N) is 2. The largest absolute Gasteiger partial charge is 0.381 e. The predicted octanol–water partition coefficient (Wildman–Crippen LogP) is 2.66. The molecule has 4 nitrogen and oxygen atoms in total. The Morgan fingerprint density at radius 3 is 2.57 bits per heavy atom. The van der Waals surface area contributed by atoms with Gasteiger partial charge < -0.3 is 10.2 Å². The fourth-order valence-electron chi connectivity index (χ4n) is 3.28. The number of nitrogens with one attached hydrogen (secondary N) is 1. The molecule has 2 saturated heterocycles. The van der Waals surface area contributed by atoms with Gasteiger partial charge in [-0.2, -0.15) is 11.8 Å². The van der Waals surface area contributed by atoms with Crippen LogP contribution in [-0.2, 0) is 11.3 Å². The molecule has 1 atom stereocenters. The highest BCUT2D eigenvalue weighted by atomic mass is 32.2. The lowest BCUT2D eigenvalue weighted by Crippen LogP contribution is -2.47. The van der Waals surface area contributed by atoms with Gasteiger partial charge in [0.05, 0.1) is 0 Å².